The summed E-state index contributed by atoms with van der Waals surface area (Å²) in [4.78, 5) is 2.14. The molecule has 1 saturated heterocycles. The fourth-order valence-electron chi connectivity index (χ4n) is 2.68. The maximum Gasteiger partial charge on any atom is 0.125 e. The molecule has 1 fully saturated rings. The minimum Gasteiger partial charge on any atom is -0.373 e. The van der Waals surface area contributed by atoms with Crippen molar-refractivity contribution in [3.63, 3.8) is 0 Å². The Morgan fingerprint density at radius 1 is 1.47 bits per heavy atom. The van der Waals surface area contributed by atoms with Crippen molar-refractivity contribution in [1.82, 2.24) is 5.32 Å². The number of hydrogen-bond acceptors (Lipinski definition) is 2. The minimum atomic E-state index is -0.167. The van der Waals surface area contributed by atoms with Gasteiger partial charge < -0.3 is 10.2 Å². The second-order valence-electron chi connectivity index (χ2n) is 5.00. The summed E-state index contributed by atoms with van der Waals surface area (Å²) >= 11 is 0. The predicted molar refractivity (Wildman–Crippen MR) is 69.9 cm³/mol. The zero-order chi connectivity index (χ0) is 12.3. The third-order valence-corrected chi connectivity index (χ3v) is 3.80. The van der Waals surface area contributed by atoms with Gasteiger partial charge in [-0.2, -0.15) is 0 Å². The Hall–Kier alpha value is -1.09. The summed E-state index contributed by atoms with van der Waals surface area (Å²) in [7, 11) is 2.03. The average Bonchev–Trinajstić information content (AvgIpc) is 2.78. The topological polar surface area (TPSA) is 15.3 Å². The van der Waals surface area contributed by atoms with Crippen LogP contribution in [-0.4, -0.2) is 25.7 Å². The highest BCUT2D eigenvalue weighted by Crippen LogP contribution is 2.26. The van der Waals surface area contributed by atoms with E-state index < -0.39 is 0 Å². The molecule has 0 amide bonds. The minimum absolute atomic E-state index is 0.167. The van der Waals surface area contributed by atoms with Gasteiger partial charge in [-0.15, -0.1) is 0 Å². The molecular formula is C14H21FN2. The lowest BCUT2D eigenvalue weighted by Crippen LogP contribution is -2.48. The van der Waals surface area contributed by atoms with Gasteiger partial charge in [0.05, 0.1) is 0 Å². The van der Waals surface area contributed by atoms with Gasteiger partial charge in [0.1, 0.15) is 5.82 Å². The first-order valence-electron chi connectivity index (χ1n) is 6.37. The molecule has 0 aromatic heterocycles. The summed E-state index contributed by atoms with van der Waals surface area (Å²) in [6.45, 7) is 4.26. The summed E-state index contributed by atoms with van der Waals surface area (Å²) in [6, 6.07) is 6.81. The summed E-state index contributed by atoms with van der Waals surface area (Å²) in [5, 5.41) is 3.60. The van der Waals surface area contributed by atoms with Gasteiger partial charge in [0.15, 0.2) is 0 Å². The van der Waals surface area contributed by atoms with E-state index in [1.165, 1.54) is 18.9 Å². The van der Waals surface area contributed by atoms with Gasteiger partial charge in [-0.1, -0.05) is 13.0 Å². The number of rotatable bonds is 4. The van der Waals surface area contributed by atoms with Crippen molar-refractivity contribution in [2.24, 2.45) is 0 Å². The third kappa shape index (κ3) is 2.78. The number of benzene rings is 1. The average molecular weight is 236 g/mol. The molecule has 94 valence electrons. The Kier molecular flexibility index (Phi) is 3.67. The number of nitrogens with zero attached hydrogens (tertiary/aromatic N) is 1. The van der Waals surface area contributed by atoms with Crippen molar-refractivity contribution in [3.8, 4) is 0 Å². The van der Waals surface area contributed by atoms with E-state index >= 15 is 0 Å². The van der Waals surface area contributed by atoms with Gasteiger partial charge in [-0.05, 0) is 44.0 Å². The molecule has 17 heavy (non-hydrogen) atoms. The lowest BCUT2D eigenvalue weighted by molar-refractivity contribution is 0.367. The number of likely N-dealkylation sites (N-methyl/N-ethyl adjacent to an activating group) is 1. The maximum atomic E-state index is 13.2. The Bertz CT molecular complexity index is 372. The monoisotopic (exact) mass is 236 g/mol. The predicted octanol–water partition coefficient (Wildman–Crippen LogP) is 2.79. The van der Waals surface area contributed by atoms with E-state index in [1.807, 2.05) is 13.1 Å². The summed E-state index contributed by atoms with van der Waals surface area (Å²) in [5.74, 6) is -0.167. The van der Waals surface area contributed by atoms with Gasteiger partial charge in [-0.25, -0.2) is 4.39 Å². The van der Waals surface area contributed by atoms with Crippen LogP contribution in [0.2, 0.25) is 0 Å². The lowest BCUT2D eigenvalue weighted by atomic mass is 9.93. The maximum absolute atomic E-state index is 13.2. The molecule has 1 heterocycles. The van der Waals surface area contributed by atoms with E-state index in [4.69, 9.17) is 0 Å². The first-order valence-corrected chi connectivity index (χ1v) is 6.37. The van der Waals surface area contributed by atoms with Crippen molar-refractivity contribution in [3.05, 3.63) is 30.1 Å². The van der Waals surface area contributed by atoms with Crippen LogP contribution < -0.4 is 10.2 Å². The van der Waals surface area contributed by atoms with Gasteiger partial charge in [0.2, 0.25) is 0 Å². The van der Waals surface area contributed by atoms with Crippen LogP contribution >= 0.6 is 0 Å². The largest absolute Gasteiger partial charge is 0.373 e. The van der Waals surface area contributed by atoms with Crippen LogP contribution in [0.3, 0.4) is 0 Å². The second-order valence-corrected chi connectivity index (χ2v) is 5.00. The van der Waals surface area contributed by atoms with E-state index in [-0.39, 0.29) is 11.4 Å². The molecule has 1 aliphatic rings. The van der Waals surface area contributed by atoms with Crippen molar-refractivity contribution in [1.29, 1.82) is 0 Å². The Morgan fingerprint density at radius 3 is 2.88 bits per heavy atom. The molecule has 0 aliphatic carbocycles. The van der Waals surface area contributed by atoms with Crippen LogP contribution in [0.5, 0.6) is 0 Å². The lowest BCUT2D eigenvalue weighted by Gasteiger charge is -2.34. The highest BCUT2D eigenvalue weighted by atomic mass is 19.1. The molecule has 0 spiro atoms. The number of halogens is 1. The molecule has 0 radical (unpaired) electrons. The molecule has 1 atom stereocenters. The normalized spacial score (nSPS) is 23.9. The molecule has 1 unspecified atom stereocenters. The zero-order valence-electron chi connectivity index (χ0n) is 10.7. The molecule has 0 bridgehead atoms. The summed E-state index contributed by atoms with van der Waals surface area (Å²) in [6.07, 6.45) is 3.57. The number of anilines is 1. The van der Waals surface area contributed by atoms with Crippen LogP contribution in [0.25, 0.3) is 0 Å². The Morgan fingerprint density at radius 2 is 2.29 bits per heavy atom. The molecule has 3 heteroatoms. The van der Waals surface area contributed by atoms with E-state index in [9.17, 15) is 4.39 Å². The fourth-order valence-corrected chi connectivity index (χ4v) is 2.68. The quantitative estimate of drug-likeness (QED) is 0.864. The fraction of sp³-hybridized carbons (Fsp3) is 0.571. The van der Waals surface area contributed by atoms with Gasteiger partial charge in [0.25, 0.3) is 0 Å². The molecular weight excluding hydrogens is 215 g/mol. The molecule has 1 aliphatic heterocycles. The zero-order valence-corrected chi connectivity index (χ0v) is 10.7. The van der Waals surface area contributed by atoms with E-state index in [0.29, 0.717) is 0 Å². The SMILES string of the molecule is CCC1(CN(C)c2cccc(F)c2)CCCN1. The van der Waals surface area contributed by atoms with E-state index in [0.717, 1.165) is 25.2 Å². The smallest absolute Gasteiger partial charge is 0.125 e. The number of hydrogen-bond donors (Lipinski definition) is 1. The summed E-state index contributed by atoms with van der Waals surface area (Å²) in [5.41, 5.74) is 1.16. The molecule has 1 N–H and O–H groups in total. The molecule has 2 rings (SSSR count). The highest BCUT2D eigenvalue weighted by molar-refractivity contribution is 5.46. The van der Waals surface area contributed by atoms with E-state index in [2.05, 4.69) is 17.1 Å². The standard InChI is InChI=1S/C14H21FN2/c1-3-14(8-5-9-16-14)11-17(2)13-7-4-6-12(15)10-13/h4,6-7,10,16H,3,5,8-9,11H2,1-2H3. The second kappa shape index (κ2) is 5.05. The molecule has 0 saturated carbocycles. The van der Waals surface area contributed by atoms with Crippen LogP contribution in [0.1, 0.15) is 26.2 Å². The molecule has 1 aromatic rings. The van der Waals surface area contributed by atoms with Crippen molar-refractivity contribution < 1.29 is 4.39 Å². The van der Waals surface area contributed by atoms with Crippen LogP contribution in [0.15, 0.2) is 24.3 Å². The van der Waals surface area contributed by atoms with Crippen LogP contribution in [-0.2, 0) is 0 Å². The first kappa shape index (κ1) is 12.4. The first-order chi connectivity index (χ1) is 8.15. The Balaban J connectivity index is 2.07. The third-order valence-electron chi connectivity index (χ3n) is 3.80. The van der Waals surface area contributed by atoms with Gasteiger partial charge in [0, 0.05) is 24.8 Å². The van der Waals surface area contributed by atoms with Crippen molar-refractivity contribution in [2.75, 3.05) is 25.0 Å². The van der Waals surface area contributed by atoms with Gasteiger partial charge >= 0.3 is 0 Å². The molecule has 2 nitrogen and oxygen atoms in total. The van der Waals surface area contributed by atoms with Gasteiger partial charge in [-0.3, -0.25) is 0 Å². The van der Waals surface area contributed by atoms with Crippen LogP contribution in [0, 0.1) is 5.82 Å². The highest BCUT2D eigenvalue weighted by Gasteiger charge is 2.32. The van der Waals surface area contributed by atoms with Crippen molar-refractivity contribution in [2.45, 2.75) is 31.7 Å². The Labute approximate surface area is 103 Å². The van der Waals surface area contributed by atoms with Crippen molar-refractivity contribution >= 4 is 5.69 Å². The van der Waals surface area contributed by atoms with E-state index in [1.54, 1.807) is 12.1 Å². The number of nitrogens with one attached hydrogen (secondary N) is 1. The molecule has 1 aromatic carbocycles. The van der Waals surface area contributed by atoms with Crippen LogP contribution in [0.4, 0.5) is 10.1 Å². The summed E-state index contributed by atoms with van der Waals surface area (Å²) < 4.78 is 13.2.